The molecule has 5 nitrogen and oxygen atoms in total. The molecule has 0 saturated heterocycles. The van der Waals surface area contributed by atoms with Gasteiger partial charge in [0.1, 0.15) is 0 Å². The van der Waals surface area contributed by atoms with Gasteiger partial charge in [0.05, 0.1) is 23.5 Å². The van der Waals surface area contributed by atoms with Gasteiger partial charge in [-0.2, -0.15) is 5.10 Å². The minimum atomic E-state index is 0.621. The van der Waals surface area contributed by atoms with Gasteiger partial charge < -0.3 is 10.1 Å². The van der Waals surface area contributed by atoms with Crippen LogP contribution in [0.25, 0.3) is 0 Å². The predicted molar refractivity (Wildman–Crippen MR) is 78.9 cm³/mol. The lowest BCUT2D eigenvalue weighted by molar-refractivity contribution is 0.397. The molecule has 0 amide bonds. The second-order valence-corrected chi connectivity index (χ2v) is 4.87. The Kier molecular flexibility index (Phi) is 4.98. The lowest BCUT2D eigenvalue weighted by Crippen LogP contribution is -2.15. The van der Waals surface area contributed by atoms with Crippen molar-refractivity contribution in [1.82, 2.24) is 20.1 Å². The average Bonchev–Trinajstić information content (AvgIpc) is 2.74. The first kappa shape index (κ1) is 14.8. The largest absolute Gasteiger partial charge is 0.481 e. The van der Waals surface area contributed by atoms with Gasteiger partial charge in [-0.1, -0.05) is 18.5 Å². The van der Waals surface area contributed by atoms with E-state index in [4.69, 9.17) is 16.3 Å². The normalized spacial score (nSPS) is 10.8. The van der Waals surface area contributed by atoms with Crippen LogP contribution in [0.2, 0.25) is 5.02 Å². The van der Waals surface area contributed by atoms with Crippen molar-refractivity contribution < 1.29 is 4.74 Å². The highest BCUT2D eigenvalue weighted by Gasteiger charge is 2.12. The number of aryl methyl sites for hydroxylation is 2. The molecule has 20 heavy (non-hydrogen) atoms. The fourth-order valence-corrected chi connectivity index (χ4v) is 2.37. The number of halogens is 1. The van der Waals surface area contributed by atoms with E-state index in [1.54, 1.807) is 13.3 Å². The number of methoxy groups -OCH3 is 1. The molecule has 2 aromatic rings. The Morgan fingerprint density at radius 3 is 2.85 bits per heavy atom. The molecule has 2 rings (SSSR count). The number of hydrogen-bond donors (Lipinski definition) is 1. The van der Waals surface area contributed by atoms with E-state index in [9.17, 15) is 0 Å². The highest BCUT2D eigenvalue weighted by atomic mass is 35.5. The van der Waals surface area contributed by atoms with E-state index in [-0.39, 0.29) is 0 Å². The van der Waals surface area contributed by atoms with Gasteiger partial charge in [-0.05, 0) is 18.1 Å². The van der Waals surface area contributed by atoms with Crippen LogP contribution in [-0.4, -0.2) is 21.9 Å². The van der Waals surface area contributed by atoms with E-state index in [1.807, 2.05) is 23.9 Å². The lowest BCUT2D eigenvalue weighted by Gasteiger charge is -2.07. The molecule has 0 bridgehead atoms. The molecule has 0 radical (unpaired) electrons. The van der Waals surface area contributed by atoms with E-state index in [0.29, 0.717) is 12.4 Å². The first-order valence-corrected chi connectivity index (χ1v) is 6.93. The van der Waals surface area contributed by atoms with Gasteiger partial charge in [0, 0.05) is 32.4 Å². The second kappa shape index (κ2) is 6.72. The van der Waals surface area contributed by atoms with Crippen LogP contribution in [0.1, 0.15) is 23.9 Å². The highest BCUT2D eigenvalue weighted by Crippen LogP contribution is 2.20. The maximum absolute atomic E-state index is 6.31. The quantitative estimate of drug-likeness (QED) is 0.888. The topological polar surface area (TPSA) is 52.0 Å². The zero-order valence-electron chi connectivity index (χ0n) is 12.0. The summed E-state index contributed by atoms with van der Waals surface area (Å²) in [6.45, 7) is 3.45. The summed E-state index contributed by atoms with van der Waals surface area (Å²) >= 11 is 6.31. The third-order valence-corrected chi connectivity index (χ3v) is 3.57. The summed E-state index contributed by atoms with van der Waals surface area (Å²) in [5.74, 6) is 0.621. The minimum Gasteiger partial charge on any atom is -0.481 e. The van der Waals surface area contributed by atoms with Crippen molar-refractivity contribution in [1.29, 1.82) is 0 Å². The number of nitrogens with zero attached hydrogens (tertiary/aromatic N) is 3. The lowest BCUT2D eigenvalue weighted by atomic mass is 10.2. The molecule has 1 N–H and O–H groups in total. The van der Waals surface area contributed by atoms with Crippen LogP contribution < -0.4 is 10.1 Å². The van der Waals surface area contributed by atoms with Crippen LogP contribution in [0.5, 0.6) is 5.88 Å². The summed E-state index contributed by atoms with van der Waals surface area (Å²) in [7, 11) is 3.53. The van der Waals surface area contributed by atoms with Crippen LogP contribution in [0.15, 0.2) is 18.3 Å². The SMILES string of the molecule is CCc1nn(C)c(CNCc2ccnc(OC)c2)c1Cl. The first-order valence-electron chi connectivity index (χ1n) is 6.55. The van der Waals surface area contributed by atoms with Gasteiger partial charge in [-0.15, -0.1) is 0 Å². The molecule has 0 fully saturated rings. The van der Waals surface area contributed by atoms with Crippen molar-refractivity contribution in [2.75, 3.05) is 7.11 Å². The fraction of sp³-hybridized carbons (Fsp3) is 0.429. The summed E-state index contributed by atoms with van der Waals surface area (Å²) in [4.78, 5) is 4.08. The zero-order chi connectivity index (χ0) is 14.5. The average molecular weight is 295 g/mol. The van der Waals surface area contributed by atoms with Crippen LogP contribution in [-0.2, 0) is 26.6 Å². The molecule has 2 aromatic heterocycles. The van der Waals surface area contributed by atoms with Crippen LogP contribution in [0, 0.1) is 0 Å². The maximum atomic E-state index is 6.31. The number of rotatable bonds is 6. The summed E-state index contributed by atoms with van der Waals surface area (Å²) < 4.78 is 6.94. The van der Waals surface area contributed by atoms with Crippen LogP contribution >= 0.6 is 11.6 Å². The molecular formula is C14H19ClN4O. The van der Waals surface area contributed by atoms with E-state index in [0.717, 1.165) is 34.9 Å². The molecule has 0 aliphatic carbocycles. The Morgan fingerprint density at radius 2 is 2.20 bits per heavy atom. The minimum absolute atomic E-state index is 0.621. The number of ether oxygens (including phenoxy) is 1. The molecule has 0 saturated carbocycles. The molecule has 0 unspecified atom stereocenters. The molecule has 0 spiro atoms. The molecule has 0 aromatic carbocycles. The Labute approximate surface area is 123 Å². The van der Waals surface area contributed by atoms with E-state index < -0.39 is 0 Å². The van der Waals surface area contributed by atoms with Crippen LogP contribution in [0.4, 0.5) is 0 Å². The summed E-state index contributed by atoms with van der Waals surface area (Å²) in [6, 6.07) is 3.87. The monoisotopic (exact) mass is 294 g/mol. The third kappa shape index (κ3) is 3.29. The van der Waals surface area contributed by atoms with Crippen molar-refractivity contribution in [3.8, 4) is 5.88 Å². The number of nitrogens with one attached hydrogen (secondary N) is 1. The van der Waals surface area contributed by atoms with Gasteiger partial charge in [-0.25, -0.2) is 4.98 Å². The standard InChI is InChI=1S/C14H19ClN4O/c1-4-11-14(15)12(19(2)18-11)9-16-8-10-5-6-17-13(7-10)20-3/h5-7,16H,4,8-9H2,1-3H3. The summed E-state index contributed by atoms with van der Waals surface area (Å²) in [5, 5.41) is 8.52. The smallest absolute Gasteiger partial charge is 0.213 e. The van der Waals surface area contributed by atoms with Gasteiger partial charge >= 0.3 is 0 Å². The Morgan fingerprint density at radius 1 is 1.40 bits per heavy atom. The number of hydrogen-bond acceptors (Lipinski definition) is 4. The summed E-state index contributed by atoms with van der Waals surface area (Å²) in [6.07, 6.45) is 2.58. The molecular weight excluding hydrogens is 276 g/mol. The molecule has 0 aliphatic rings. The zero-order valence-corrected chi connectivity index (χ0v) is 12.7. The molecule has 0 aliphatic heterocycles. The van der Waals surface area contributed by atoms with Crippen molar-refractivity contribution in [3.05, 3.63) is 40.3 Å². The summed E-state index contributed by atoms with van der Waals surface area (Å²) in [5.41, 5.74) is 3.06. The highest BCUT2D eigenvalue weighted by molar-refractivity contribution is 6.31. The van der Waals surface area contributed by atoms with Gasteiger partial charge in [0.25, 0.3) is 0 Å². The Hall–Kier alpha value is -1.59. The molecule has 0 atom stereocenters. The van der Waals surface area contributed by atoms with E-state index in [2.05, 4.69) is 22.3 Å². The molecule has 6 heteroatoms. The third-order valence-electron chi connectivity index (χ3n) is 3.13. The molecule has 2 heterocycles. The van der Waals surface area contributed by atoms with E-state index in [1.165, 1.54) is 0 Å². The van der Waals surface area contributed by atoms with Gasteiger partial charge in [-0.3, -0.25) is 4.68 Å². The predicted octanol–water partition coefficient (Wildman–Crippen LogP) is 2.33. The van der Waals surface area contributed by atoms with Crippen LogP contribution in [0.3, 0.4) is 0 Å². The number of aromatic nitrogens is 3. The van der Waals surface area contributed by atoms with E-state index >= 15 is 0 Å². The second-order valence-electron chi connectivity index (χ2n) is 4.49. The van der Waals surface area contributed by atoms with Crippen molar-refractivity contribution in [2.45, 2.75) is 26.4 Å². The maximum Gasteiger partial charge on any atom is 0.213 e. The first-order chi connectivity index (χ1) is 9.65. The Bertz CT molecular complexity index is 583. The Balaban J connectivity index is 1.97. The van der Waals surface area contributed by atoms with Crippen molar-refractivity contribution >= 4 is 11.6 Å². The van der Waals surface area contributed by atoms with Crippen molar-refractivity contribution in [2.24, 2.45) is 7.05 Å². The fourth-order valence-electron chi connectivity index (χ4n) is 2.01. The van der Waals surface area contributed by atoms with Gasteiger partial charge in [0.2, 0.25) is 5.88 Å². The number of pyridine rings is 1. The molecule has 108 valence electrons. The van der Waals surface area contributed by atoms with Crippen molar-refractivity contribution in [3.63, 3.8) is 0 Å². The van der Waals surface area contributed by atoms with Gasteiger partial charge in [0.15, 0.2) is 0 Å².